The molecule has 0 atom stereocenters. The number of aromatic nitrogens is 1. The van der Waals surface area contributed by atoms with E-state index in [-0.39, 0.29) is 24.7 Å². The molecule has 1 heterocycles. The zero-order valence-electron chi connectivity index (χ0n) is 12.0. The third kappa shape index (κ3) is 4.36. The van der Waals surface area contributed by atoms with E-state index in [9.17, 15) is 14.0 Å². The summed E-state index contributed by atoms with van der Waals surface area (Å²) in [6.45, 7) is 0.138. The first kappa shape index (κ1) is 16.1. The first-order chi connectivity index (χ1) is 10.5. The third-order valence-electron chi connectivity index (χ3n) is 3.05. The largest absolute Gasteiger partial charge is 0.481 e. The van der Waals surface area contributed by atoms with Crippen LogP contribution in [0, 0.1) is 5.82 Å². The van der Waals surface area contributed by atoms with Crippen LogP contribution in [0.1, 0.15) is 27.5 Å². The van der Waals surface area contributed by atoms with Crippen molar-refractivity contribution in [2.45, 2.75) is 12.8 Å². The molecule has 0 saturated heterocycles. The molecule has 0 aliphatic heterocycles. The number of halogens is 1. The van der Waals surface area contributed by atoms with Crippen molar-refractivity contribution in [3.05, 3.63) is 51.7 Å². The van der Waals surface area contributed by atoms with Crippen LogP contribution in [0.15, 0.2) is 29.6 Å². The molecule has 1 N–H and O–H groups in total. The fourth-order valence-corrected chi connectivity index (χ4v) is 2.63. The SMILES string of the molecule is CN(CCC(=O)O)C(=O)c1csc(Cc2ccc(F)cc2)n1. The minimum absolute atomic E-state index is 0.102. The smallest absolute Gasteiger partial charge is 0.305 e. The van der Waals surface area contributed by atoms with Gasteiger partial charge < -0.3 is 10.0 Å². The number of carbonyl (C=O) groups is 2. The highest BCUT2D eigenvalue weighted by atomic mass is 32.1. The van der Waals surface area contributed by atoms with E-state index in [1.807, 2.05) is 0 Å². The van der Waals surface area contributed by atoms with Crippen molar-refractivity contribution in [1.82, 2.24) is 9.88 Å². The summed E-state index contributed by atoms with van der Waals surface area (Å²) in [5.74, 6) is -1.54. The van der Waals surface area contributed by atoms with E-state index in [0.29, 0.717) is 12.1 Å². The van der Waals surface area contributed by atoms with Crippen molar-refractivity contribution in [2.75, 3.05) is 13.6 Å². The molecule has 1 amide bonds. The molecule has 1 aromatic heterocycles. The lowest BCUT2D eigenvalue weighted by Gasteiger charge is -2.14. The number of carboxylic acids is 1. The van der Waals surface area contributed by atoms with Crippen LogP contribution in [-0.2, 0) is 11.2 Å². The molecule has 0 spiro atoms. The van der Waals surface area contributed by atoms with Gasteiger partial charge in [0.25, 0.3) is 5.91 Å². The summed E-state index contributed by atoms with van der Waals surface area (Å²) in [4.78, 5) is 28.2. The van der Waals surface area contributed by atoms with E-state index in [0.717, 1.165) is 10.6 Å². The van der Waals surface area contributed by atoms with Crippen LogP contribution in [-0.4, -0.2) is 40.5 Å². The quantitative estimate of drug-likeness (QED) is 0.886. The van der Waals surface area contributed by atoms with Crippen molar-refractivity contribution >= 4 is 23.2 Å². The Kier molecular flexibility index (Phi) is 5.21. The Bertz CT molecular complexity index is 670. The number of aliphatic carboxylic acids is 1. The molecule has 0 bridgehead atoms. The normalized spacial score (nSPS) is 10.5. The van der Waals surface area contributed by atoms with Gasteiger partial charge in [-0.15, -0.1) is 11.3 Å². The first-order valence-electron chi connectivity index (χ1n) is 6.62. The van der Waals surface area contributed by atoms with Crippen LogP contribution in [0.2, 0.25) is 0 Å². The zero-order valence-corrected chi connectivity index (χ0v) is 12.8. The van der Waals surface area contributed by atoms with Gasteiger partial charge in [0.05, 0.1) is 11.4 Å². The second-order valence-electron chi connectivity index (χ2n) is 4.80. The number of nitrogens with zero attached hydrogens (tertiary/aromatic N) is 2. The van der Waals surface area contributed by atoms with Gasteiger partial charge in [-0.25, -0.2) is 9.37 Å². The first-order valence-corrected chi connectivity index (χ1v) is 7.50. The Labute approximate surface area is 131 Å². The highest BCUT2D eigenvalue weighted by molar-refractivity contribution is 7.09. The van der Waals surface area contributed by atoms with E-state index in [1.54, 1.807) is 24.6 Å². The molecule has 7 heteroatoms. The third-order valence-corrected chi connectivity index (χ3v) is 3.90. The summed E-state index contributed by atoms with van der Waals surface area (Å²) in [6, 6.07) is 6.12. The summed E-state index contributed by atoms with van der Waals surface area (Å²) < 4.78 is 12.8. The second kappa shape index (κ2) is 7.13. The van der Waals surface area contributed by atoms with Crippen LogP contribution in [0.4, 0.5) is 4.39 Å². The molecule has 0 unspecified atom stereocenters. The Hall–Kier alpha value is -2.28. The number of hydrogen-bond donors (Lipinski definition) is 1. The predicted octanol–water partition coefficient (Wildman–Crippen LogP) is 2.42. The monoisotopic (exact) mass is 322 g/mol. The van der Waals surface area contributed by atoms with Gasteiger partial charge in [0.15, 0.2) is 0 Å². The molecule has 0 aliphatic rings. The van der Waals surface area contributed by atoms with Crippen molar-refractivity contribution in [3.8, 4) is 0 Å². The van der Waals surface area contributed by atoms with Gasteiger partial charge in [0, 0.05) is 25.4 Å². The minimum Gasteiger partial charge on any atom is -0.481 e. The molecule has 22 heavy (non-hydrogen) atoms. The highest BCUT2D eigenvalue weighted by Crippen LogP contribution is 2.16. The summed E-state index contributed by atoms with van der Waals surface area (Å²) in [5.41, 5.74) is 1.21. The highest BCUT2D eigenvalue weighted by Gasteiger charge is 2.16. The molecule has 0 fully saturated rings. The van der Waals surface area contributed by atoms with Gasteiger partial charge >= 0.3 is 5.97 Å². The predicted molar refractivity (Wildman–Crippen MR) is 80.5 cm³/mol. The molecule has 2 aromatic rings. The number of benzene rings is 1. The number of thiazole rings is 1. The summed E-state index contributed by atoms with van der Waals surface area (Å²) in [5, 5.41) is 11.0. The average molecular weight is 322 g/mol. The number of carbonyl (C=O) groups excluding carboxylic acids is 1. The van der Waals surface area contributed by atoms with E-state index in [1.165, 1.54) is 28.4 Å². The van der Waals surface area contributed by atoms with Gasteiger partial charge in [-0.2, -0.15) is 0 Å². The van der Waals surface area contributed by atoms with Crippen molar-refractivity contribution in [3.63, 3.8) is 0 Å². The Morgan fingerprint density at radius 2 is 2.00 bits per heavy atom. The van der Waals surface area contributed by atoms with Crippen LogP contribution in [0.5, 0.6) is 0 Å². The molecule has 116 valence electrons. The molecular formula is C15H15FN2O3S. The maximum Gasteiger partial charge on any atom is 0.305 e. The summed E-state index contributed by atoms with van der Waals surface area (Å²) in [6.07, 6.45) is 0.423. The van der Waals surface area contributed by atoms with Crippen LogP contribution in [0.25, 0.3) is 0 Å². The van der Waals surface area contributed by atoms with Gasteiger partial charge in [-0.3, -0.25) is 9.59 Å². The van der Waals surface area contributed by atoms with Gasteiger partial charge in [-0.1, -0.05) is 12.1 Å². The maximum absolute atomic E-state index is 12.8. The summed E-state index contributed by atoms with van der Waals surface area (Å²) in [7, 11) is 1.55. The minimum atomic E-state index is -0.949. The fraction of sp³-hybridized carbons (Fsp3) is 0.267. The van der Waals surface area contributed by atoms with Gasteiger partial charge in [0.2, 0.25) is 0 Å². The van der Waals surface area contributed by atoms with E-state index < -0.39 is 5.97 Å². The van der Waals surface area contributed by atoms with E-state index in [4.69, 9.17) is 5.11 Å². The molecule has 2 rings (SSSR count). The number of amides is 1. The Morgan fingerprint density at radius 3 is 2.64 bits per heavy atom. The average Bonchev–Trinajstić information content (AvgIpc) is 2.94. The summed E-state index contributed by atoms with van der Waals surface area (Å²) >= 11 is 1.35. The van der Waals surface area contributed by atoms with Crippen LogP contribution in [0.3, 0.4) is 0 Å². The van der Waals surface area contributed by atoms with Crippen molar-refractivity contribution in [2.24, 2.45) is 0 Å². The van der Waals surface area contributed by atoms with E-state index >= 15 is 0 Å². The molecule has 0 radical (unpaired) electrons. The molecule has 0 saturated carbocycles. The lowest BCUT2D eigenvalue weighted by Crippen LogP contribution is -2.29. The molecule has 1 aromatic carbocycles. The molecule has 0 aliphatic carbocycles. The molecule has 5 nitrogen and oxygen atoms in total. The number of hydrogen-bond acceptors (Lipinski definition) is 4. The Balaban J connectivity index is 1.99. The standard InChI is InChI=1S/C15H15FN2O3S/c1-18(7-6-14(19)20)15(21)12-9-22-13(17-12)8-10-2-4-11(16)5-3-10/h2-5,9H,6-8H2,1H3,(H,19,20). The maximum atomic E-state index is 12.8. The van der Waals surface area contributed by atoms with Gasteiger partial charge in [-0.05, 0) is 17.7 Å². The van der Waals surface area contributed by atoms with Crippen molar-refractivity contribution < 1.29 is 19.1 Å². The van der Waals surface area contributed by atoms with Crippen LogP contribution >= 0.6 is 11.3 Å². The second-order valence-corrected chi connectivity index (χ2v) is 5.74. The van der Waals surface area contributed by atoms with Crippen molar-refractivity contribution in [1.29, 1.82) is 0 Å². The molecular weight excluding hydrogens is 307 g/mol. The zero-order chi connectivity index (χ0) is 16.1. The lowest BCUT2D eigenvalue weighted by atomic mass is 10.1. The Morgan fingerprint density at radius 1 is 1.32 bits per heavy atom. The number of rotatable bonds is 6. The fourth-order valence-electron chi connectivity index (χ4n) is 1.83. The lowest BCUT2D eigenvalue weighted by molar-refractivity contribution is -0.137. The van der Waals surface area contributed by atoms with Crippen LogP contribution < -0.4 is 0 Å². The van der Waals surface area contributed by atoms with Gasteiger partial charge in [0.1, 0.15) is 11.5 Å². The topological polar surface area (TPSA) is 70.5 Å². The van der Waals surface area contributed by atoms with E-state index in [2.05, 4.69) is 4.98 Å². The number of carboxylic acid groups (broad SMARTS) is 1.